The Morgan fingerprint density at radius 2 is 1.51 bits per heavy atom. The molecular weight excluding hydrogens is 857 g/mol. The minimum absolute atomic E-state index is 0. The van der Waals surface area contributed by atoms with Gasteiger partial charge in [-0.15, -0.1) is 59.2 Å². The fraction of sp³-hybridized carbons (Fsp3) is 0.292. The van der Waals surface area contributed by atoms with Gasteiger partial charge in [0, 0.05) is 46.8 Å². The smallest absolute Gasteiger partial charge is 0.0798 e. The summed E-state index contributed by atoms with van der Waals surface area (Å²) in [5.41, 5.74) is 5.82. The van der Waals surface area contributed by atoms with Crippen molar-refractivity contribution in [3.8, 4) is 33.6 Å². The quantitative estimate of drug-likeness (QED) is 0.123. The van der Waals surface area contributed by atoms with E-state index < -0.39 is 38.5 Å². The van der Waals surface area contributed by atoms with Crippen LogP contribution in [0.1, 0.15) is 67.8 Å². The van der Waals surface area contributed by atoms with Crippen molar-refractivity contribution in [3.05, 3.63) is 138 Å². The number of rotatable bonds is 6. The molecule has 0 aliphatic rings. The van der Waals surface area contributed by atoms with Crippen molar-refractivity contribution in [1.82, 2.24) is 9.97 Å². The number of pyridine rings is 2. The number of hydrogen-bond acceptors (Lipinski definition) is 3. The zero-order valence-electron chi connectivity index (χ0n) is 39.0. The van der Waals surface area contributed by atoms with Crippen molar-refractivity contribution in [1.29, 1.82) is 0 Å². The average Bonchev–Trinajstić information content (AvgIpc) is 3.55. The van der Waals surface area contributed by atoms with E-state index >= 15 is 0 Å². The summed E-state index contributed by atoms with van der Waals surface area (Å²) in [6, 6.07) is 37.7. The van der Waals surface area contributed by atoms with Crippen LogP contribution < -0.4 is 5.19 Å². The van der Waals surface area contributed by atoms with Crippen LogP contribution in [0.3, 0.4) is 0 Å². The van der Waals surface area contributed by atoms with E-state index in [-0.39, 0.29) is 25.7 Å². The number of nitrogens with zero attached hydrogens (tertiary/aromatic N) is 2. The van der Waals surface area contributed by atoms with Crippen molar-refractivity contribution in [2.24, 2.45) is 10.8 Å². The summed E-state index contributed by atoms with van der Waals surface area (Å²) in [6.45, 7) is 15.9. The van der Waals surface area contributed by atoms with E-state index in [1.165, 1.54) is 32.7 Å². The van der Waals surface area contributed by atoms with E-state index in [1.807, 2.05) is 65.8 Å². The van der Waals surface area contributed by atoms with Crippen LogP contribution in [-0.2, 0) is 32.9 Å². The van der Waals surface area contributed by atoms with Crippen molar-refractivity contribution < 1.29 is 29.7 Å². The van der Waals surface area contributed by atoms with Crippen molar-refractivity contribution in [2.75, 3.05) is 0 Å². The second-order valence-corrected chi connectivity index (χ2v) is 22.4. The topological polar surface area (TPSA) is 25.8 Å². The standard InChI is InChI=1S/C28H24NS.C20H28NSi.Ir/c1-28(2,3)18-19-14-15-29-25(16-19)24-11-7-10-23-22-13-12-21(17-26(22)30-27(23)24)20-8-5-4-6-9-20;1-15-8-10-16(11-9-15)18-12-17(13-20(2,3)4)19(14-21-18)22(5,6)7;/h4-10,12-17H,18H2,1-3H3;8-10,12,14H,13H2,1-7H3;/q2*-1;/i18D2;1D3,13D2;. The van der Waals surface area contributed by atoms with Crippen LogP contribution in [0.4, 0.5) is 0 Å². The second-order valence-electron chi connectivity index (χ2n) is 16.3. The number of benzene rings is 4. The molecular formula is C48H52IrN2SSi-2. The molecule has 0 aliphatic carbocycles. The van der Waals surface area contributed by atoms with Gasteiger partial charge < -0.3 is 9.97 Å². The van der Waals surface area contributed by atoms with Gasteiger partial charge in [-0.05, 0) is 73.5 Å². The molecule has 53 heavy (non-hydrogen) atoms. The van der Waals surface area contributed by atoms with E-state index in [1.54, 1.807) is 41.9 Å². The number of aromatic nitrogens is 2. The zero-order chi connectivity index (χ0) is 43.3. The van der Waals surface area contributed by atoms with Gasteiger partial charge in [-0.25, -0.2) is 0 Å². The van der Waals surface area contributed by atoms with Crippen LogP contribution in [0, 0.1) is 29.8 Å². The molecule has 275 valence electrons. The third kappa shape index (κ3) is 10.3. The van der Waals surface area contributed by atoms with Gasteiger partial charge in [0.05, 0.1) is 8.07 Å². The van der Waals surface area contributed by atoms with Gasteiger partial charge in [0.25, 0.3) is 0 Å². The number of fused-ring (bicyclic) bond motifs is 3. The Morgan fingerprint density at radius 3 is 2.17 bits per heavy atom. The maximum absolute atomic E-state index is 8.79. The fourth-order valence-corrected chi connectivity index (χ4v) is 8.75. The first kappa shape index (κ1) is 31.6. The monoisotopic (exact) mass is 916 g/mol. The molecule has 4 aromatic carbocycles. The molecule has 2 nitrogen and oxygen atoms in total. The van der Waals surface area contributed by atoms with Crippen LogP contribution in [0.2, 0.25) is 19.6 Å². The predicted molar refractivity (Wildman–Crippen MR) is 229 cm³/mol. The average molecular weight is 916 g/mol. The summed E-state index contributed by atoms with van der Waals surface area (Å²) in [5, 5.41) is 3.41. The maximum atomic E-state index is 8.79. The molecule has 0 spiro atoms. The van der Waals surface area contributed by atoms with E-state index in [0.717, 1.165) is 21.1 Å². The van der Waals surface area contributed by atoms with Crippen LogP contribution in [-0.4, -0.2) is 18.0 Å². The van der Waals surface area contributed by atoms with E-state index in [0.29, 0.717) is 22.4 Å². The molecule has 0 saturated carbocycles. The van der Waals surface area contributed by atoms with E-state index in [9.17, 15) is 0 Å². The van der Waals surface area contributed by atoms with Crippen molar-refractivity contribution >= 4 is 44.8 Å². The van der Waals surface area contributed by atoms with Gasteiger partial charge in [-0.1, -0.05) is 139 Å². The normalized spacial score (nSPS) is 14.7. The molecule has 7 rings (SSSR count). The molecule has 0 amide bonds. The molecule has 7 aromatic rings. The summed E-state index contributed by atoms with van der Waals surface area (Å²) in [5.74, 6) is 0. The van der Waals surface area contributed by atoms with E-state index in [2.05, 4.69) is 90.3 Å². The largest absolute Gasteiger partial charge is 0.305 e. The first-order valence-electron chi connectivity index (χ1n) is 21.2. The van der Waals surface area contributed by atoms with Gasteiger partial charge in [0.1, 0.15) is 0 Å². The number of aryl methyl sites for hydroxylation is 1. The molecule has 0 saturated heterocycles. The molecule has 3 aromatic heterocycles. The fourth-order valence-electron chi connectivity index (χ4n) is 6.11. The Labute approximate surface area is 346 Å². The Balaban J connectivity index is 0.000000228. The number of hydrogen-bond donors (Lipinski definition) is 0. The molecule has 0 atom stereocenters. The molecule has 0 N–H and O–H groups in total. The second kappa shape index (κ2) is 16.3. The molecule has 1 radical (unpaired) electrons. The molecule has 3 heterocycles. The Morgan fingerprint density at radius 1 is 0.755 bits per heavy atom. The van der Waals surface area contributed by atoms with Gasteiger partial charge >= 0.3 is 0 Å². The van der Waals surface area contributed by atoms with Crippen LogP contribution >= 0.6 is 11.3 Å². The van der Waals surface area contributed by atoms with Crippen LogP contribution in [0.25, 0.3) is 53.8 Å². The van der Waals surface area contributed by atoms with Crippen molar-refractivity contribution in [3.63, 3.8) is 0 Å². The summed E-state index contributed by atoms with van der Waals surface area (Å²) in [6.07, 6.45) is 0.510. The van der Waals surface area contributed by atoms with E-state index in [4.69, 9.17) is 9.60 Å². The maximum Gasteiger partial charge on any atom is 0.0798 e. The Hall–Kier alpha value is -3.73. The molecule has 0 unspecified atom stereocenters. The molecule has 0 bridgehead atoms. The van der Waals surface area contributed by atoms with Crippen LogP contribution in [0.15, 0.2) is 109 Å². The Bertz CT molecular complexity index is 2600. The first-order chi connectivity index (χ1) is 27.3. The third-order valence-corrected chi connectivity index (χ3v) is 11.6. The summed E-state index contributed by atoms with van der Waals surface area (Å²) in [7, 11) is -1.81. The summed E-state index contributed by atoms with van der Waals surface area (Å²) >= 11 is 1.75. The summed E-state index contributed by atoms with van der Waals surface area (Å²) in [4.78, 5) is 9.16. The molecule has 5 heteroatoms. The van der Waals surface area contributed by atoms with Crippen LogP contribution in [0.5, 0.6) is 0 Å². The van der Waals surface area contributed by atoms with Gasteiger partial charge in [0.2, 0.25) is 0 Å². The minimum atomic E-state index is -2.17. The third-order valence-electron chi connectivity index (χ3n) is 8.39. The summed E-state index contributed by atoms with van der Waals surface area (Å²) < 4.78 is 59.7. The van der Waals surface area contributed by atoms with Gasteiger partial charge in [-0.2, -0.15) is 11.3 Å². The first-order valence-corrected chi connectivity index (χ1v) is 22.1. The van der Waals surface area contributed by atoms with Crippen molar-refractivity contribution in [2.45, 2.75) is 80.8 Å². The zero-order valence-corrected chi connectivity index (χ0v) is 36.2. The Kier molecular flexibility index (Phi) is 9.74. The number of thiophene rings is 1. The molecule has 0 aliphatic heterocycles. The molecule has 0 fully saturated rings. The SMILES string of the molecule is [2H]C([2H])([2H])c1c[c-]c(-c2cc(C([2H])([2H])C(C)(C)C)c([Si](C)(C)C)cn2)cc1.[2H]C([2H])(c1ccnc(-c2[c-]ccc3c2sc2cc(-c4ccccc4)ccc23)c1)C(C)(C)C.[Ir]. The van der Waals surface area contributed by atoms with Gasteiger partial charge in [-0.3, -0.25) is 0 Å². The van der Waals surface area contributed by atoms with Gasteiger partial charge in [0.15, 0.2) is 0 Å². The minimum Gasteiger partial charge on any atom is -0.305 e. The predicted octanol–water partition coefficient (Wildman–Crippen LogP) is 13.2.